The number of rotatable bonds is 5. The summed E-state index contributed by atoms with van der Waals surface area (Å²) in [5.41, 5.74) is 1.55. The molecule has 0 saturated carbocycles. The van der Waals surface area contributed by atoms with E-state index in [2.05, 4.69) is 18.7 Å². The summed E-state index contributed by atoms with van der Waals surface area (Å²) in [6.07, 6.45) is 0.426. The predicted octanol–water partition coefficient (Wildman–Crippen LogP) is 3.36. The smallest absolute Gasteiger partial charge is 0.123 e. The highest BCUT2D eigenvalue weighted by Crippen LogP contribution is 2.26. The molecular weight excluding hydrogens is 217 g/mol. The average Bonchev–Trinajstić information content (AvgIpc) is 2.25. The summed E-state index contributed by atoms with van der Waals surface area (Å²) in [5, 5.41) is 9.66. The van der Waals surface area contributed by atoms with Crippen molar-refractivity contribution in [1.29, 1.82) is 0 Å². The molecule has 1 aromatic rings. The van der Waals surface area contributed by atoms with E-state index in [0.29, 0.717) is 11.5 Å². The number of hydrogen-bond acceptors (Lipinski definition) is 2. The van der Waals surface area contributed by atoms with Gasteiger partial charge in [-0.2, -0.15) is 0 Å². The maximum Gasteiger partial charge on any atom is 0.123 e. The van der Waals surface area contributed by atoms with Crippen LogP contribution in [0.4, 0.5) is 10.1 Å². The summed E-state index contributed by atoms with van der Waals surface area (Å²) in [6.45, 7) is 6.92. The van der Waals surface area contributed by atoms with Crippen molar-refractivity contribution >= 4 is 5.69 Å². The molecule has 0 spiro atoms. The molecule has 2 nitrogen and oxygen atoms in total. The Morgan fingerprint density at radius 3 is 2.47 bits per heavy atom. The van der Waals surface area contributed by atoms with Gasteiger partial charge in [-0.3, -0.25) is 0 Å². The standard InChI is InChI=1S/C14H22FNO/c1-10(2)7-8-16(4)14-6-5-12(15)9-13(14)11(3)17/h5-6,9-11,17H,7-8H2,1-4H3/t11-/m0/s1. The monoisotopic (exact) mass is 239 g/mol. The number of nitrogens with zero attached hydrogens (tertiary/aromatic N) is 1. The minimum Gasteiger partial charge on any atom is -0.389 e. The molecule has 1 aromatic carbocycles. The molecule has 0 fully saturated rings. The van der Waals surface area contributed by atoms with Crippen LogP contribution in [0, 0.1) is 11.7 Å². The van der Waals surface area contributed by atoms with Gasteiger partial charge in [0.1, 0.15) is 5.82 Å². The van der Waals surface area contributed by atoms with E-state index in [0.717, 1.165) is 18.7 Å². The summed E-state index contributed by atoms with van der Waals surface area (Å²) in [7, 11) is 1.97. The third kappa shape index (κ3) is 4.00. The van der Waals surface area contributed by atoms with Crippen LogP contribution in [-0.2, 0) is 0 Å². The van der Waals surface area contributed by atoms with Crippen molar-refractivity contribution < 1.29 is 9.50 Å². The molecule has 0 saturated heterocycles. The summed E-state index contributed by atoms with van der Waals surface area (Å²) in [5.74, 6) is 0.329. The fourth-order valence-electron chi connectivity index (χ4n) is 1.78. The van der Waals surface area contributed by atoms with E-state index in [1.807, 2.05) is 7.05 Å². The number of halogens is 1. The highest BCUT2D eigenvalue weighted by atomic mass is 19.1. The number of aliphatic hydroxyl groups excluding tert-OH is 1. The van der Waals surface area contributed by atoms with Gasteiger partial charge in [-0.15, -0.1) is 0 Å². The van der Waals surface area contributed by atoms with Crippen molar-refractivity contribution in [1.82, 2.24) is 0 Å². The molecule has 1 rings (SSSR count). The second kappa shape index (κ2) is 6.01. The van der Waals surface area contributed by atoms with Crippen LogP contribution in [0.5, 0.6) is 0 Å². The Kier molecular flexibility index (Phi) is 4.94. The van der Waals surface area contributed by atoms with Gasteiger partial charge >= 0.3 is 0 Å². The predicted molar refractivity (Wildman–Crippen MR) is 69.8 cm³/mol. The van der Waals surface area contributed by atoms with Crippen molar-refractivity contribution in [2.45, 2.75) is 33.3 Å². The molecule has 3 heteroatoms. The van der Waals surface area contributed by atoms with Crippen LogP contribution in [0.2, 0.25) is 0 Å². The lowest BCUT2D eigenvalue weighted by Gasteiger charge is -2.24. The van der Waals surface area contributed by atoms with E-state index in [9.17, 15) is 9.50 Å². The molecule has 1 atom stereocenters. The van der Waals surface area contributed by atoms with Gasteiger partial charge in [-0.25, -0.2) is 4.39 Å². The fraction of sp³-hybridized carbons (Fsp3) is 0.571. The molecule has 0 aromatic heterocycles. The van der Waals surface area contributed by atoms with Crippen molar-refractivity contribution in [3.05, 3.63) is 29.6 Å². The summed E-state index contributed by atoms with van der Waals surface area (Å²) < 4.78 is 13.2. The maximum absolute atomic E-state index is 13.2. The molecule has 0 amide bonds. The molecular formula is C14H22FNO. The SMILES string of the molecule is CC(C)CCN(C)c1ccc(F)cc1[C@H](C)O. The fourth-order valence-corrected chi connectivity index (χ4v) is 1.78. The molecule has 96 valence electrons. The van der Waals surface area contributed by atoms with Gasteiger partial charge < -0.3 is 10.0 Å². The zero-order chi connectivity index (χ0) is 13.0. The van der Waals surface area contributed by atoms with Crippen LogP contribution in [0.15, 0.2) is 18.2 Å². The van der Waals surface area contributed by atoms with Crippen molar-refractivity contribution in [2.24, 2.45) is 5.92 Å². The van der Waals surface area contributed by atoms with E-state index in [1.165, 1.54) is 12.1 Å². The zero-order valence-electron chi connectivity index (χ0n) is 11.1. The number of aliphatic hydroxyl groups is 1. The minimum atomic E-state index is -0.651. The van der Waals surface area contributed by atoms with Crippen LogP contribution in [0.3, 0.4) is 0 Å². The number of hydrogen-bond donors (Lipinski definition) is 1. The van der Waals surface area contributed by atoms with E-state index in [-0.39, 0.29) is 5.82 Å². The molecule has 17 heavy (non-hydrogen) atoms. The van der Waals surface area contributed by atoms with E-state index < -0.39 is 6.10 Å². The summed E-state index contributed by atoms with van der Waals surface area (Å²) in [6, 6.07) is 4.58. The largest absolute Gasteiger partial charge is 0.389 e. The molecule has 0 heterocycles. The molecule has 0 radical (unpaired) electrons. The van der Waals surface area contributed by atoms with Crippen molar-refractivity contribution in [2.75, 3.05) is 18.5 Å². The van der Waals surface area contributed by atoms with Crippen molar-refractivity contribution in [3.63, 3.8) is 0 Å². The lowest BCUT2D eigenvalue weighted by Crippen LogP contribution is -2.21. The maximum atomic E-state index is 13.2. The highest BCUT2D eigenvalue weighted by molar-refractivity contribution is 5.54. The normalized spacial score (nSPS) is 12.9. The van der Waals surface area contributed by atoms with E-state index >= 15 is 0 Å². The Balaban J connectivity index is 2.88. The lowest BCUT2D eigenvalue weighted by atomic mass is 10.1. The van der Waals surface area contributed by atoms with Gasteiger partial charge in [-0.05, 0) is 37.5 Å². The van der Waals surface area contributed by atoms with Gasteiger partial charge in [0.25, 0.3) is 0 Å². The lowest BCUT2D eigenvalue weighted by molar-refractivity contribution is 0.199. The summed E-state index contributed by atoms with van der Waals surface area (Å²) >= 11 is 0. The Morgan fingerprint density at radius 1 is 1.29 bits per heavy atom. The molecule has 0 bridgehead atoms. The summed E-state index contributed by atoms with van der Waals surface area (Å²) in [4.78, 5) is 2.07. The number of benzene rings is 1. The first kappa shape index (κ1) is 14.0. The Hall–Kier alpha value is -1.09. The number of anilines is 1. The first-order valence-corrected chi connectivity index (χ1v) is 6.10. The van der Waals surface area contributed by atoms with E-state index in [1.54, 1.807) is 13.0 Å². The first-order valence-electron chi connectivity index (χ1n) is 6.10. The average molecular weight is 239 g/mol. The van der Waals surface area contributed by atoms with Crippen LogP contribution in [-0.4, -0.2) is 18.7 Å². The Bertz CT molecular complexity index is 363. The molecule has 1 N–H and O–H groups in total. The van der Waals surface area contributed by atoms with Gasteiger partial charge in [-0.1, -0.05) is 13.8 Å². The topological polar surface area (TPSA) is 23.5 Å². The zero-order valence-corrected chi connectivity index (χ0v) is 11.1. The second-order valence-electron chi connectivity index (χ2n) is 4.98. The van der Waals surface area contributed by atoms with Crippen LogP contribution in [0.25, 0.3) is 0 Å². The van der Waals surface area contributed by atoms with Gasteiger partial charge in [0.05, 0.1) is 6.10 Å². The van der Waals surface area contributed by atoms with Gasteiger partial charge in [0, 0.05) is 24.8 Å². The molecule has 0 unspecified atom stereocenters. The third-order valence-electron chi connectivity index (χ3n) is 2.89. The Labute approximate surface area is 103 Å². The first-order chi connectivity index (χ1) is 7.91. The van der Waals surface area contributed by atoms with Crippen LogP contribution < -0.4 is 4.90 Å². The second-order valence-corrected chi connectivity index (χ2v) is 4.98. The highest BCUT2D eigenvalue weighted by Gasteiger charge is 2.12. The molecule has 0 aliphatic carbocycles. The molecule has 0 aliphatic heterocycles. The van der Waals surface area contributed by atoms with E-state index in [4.69, 9.17) is 0 Å². The van der Waals surface area contributed by atoms with Crippen molar-refractivity contribution in [3.8, 4) is 0 Å². The Morgan fingerprint density at radius 2 is 1.94 bits per heavy atom. The minimum absolute atomic E-state index is 0.304. The van der Waals surface area contributed by atoms with Crippen LogP contribution >= 0.6 is 0 Å². The third-order valence-corrected chi connectivity index (χ3v) is 2.89. The molecule has 0 aliphatic rings. The van der Waals surface area contributed by atoms with Crippen LogP contribution in [0.1, 0.15) is 38.9 Å². The quantitative estimate of drug-likeness (QED) is 0.851. The van der Waals surface area contributed by atoms with Gasteiger partial charge in [0.15, 0.2) is 0 Å². The van der Waals surface area contributed by atoms with Gasteiger partial charge in [0.2, 0.25) is 0 Å².